The van der Waals surface area contributed by atoms with Crippen LogP contribution < -0.4 is 59.1 Å². The third-order valence-corrected chi connectivity index (χ3v) is 2.31. The molecule has 0 atom stereocenters. The summed E-state index contributed by atoms with van der Waals surface area (Å²) in [7, 11) is 0. The molecule has 0 N–H and O–H groups in total. The third kappa shape index (κ3) is 5.46. The smallest absolute Gasteiger partial charge is 0.719 e. The number of amides is 2. The summed E-state index contributed by atoms with van der Waals surface area (Å²) in [5, 5.41) is -0.710. The Bertz CT molecular complexity index is 188. The van der Waals surface area contributed by atoms with E-state index in [1.807, 2.05) is 0 Å². The Morgan fingerprint density at radius 2 is 1.00 bits per heavy atom. The molecule has 0 aromatic heterocycles. The molecule has 0 aromatic rings. The van der Waals surface area contributed by atoms with Crippen LogP contribution >= 0.6 is 0 Å². The number of carbonyl (C=O) groups excluding carboxylic acids is 2. The number of nitrogens with zero attached hydrogens (tertiary/aromatic N) is 2. The summed E-state index contributed by atoms with van der Waals surface area (Å²) in [6.45, 7) is 2.02. The first-order valence-electron chi connectivity index (χ1n) is 3.53. The minimum Gasteiger partial charge on any atom is -0.719 e. The summed E-state index contributed by atoms with van der Waals surface area (Å²) in [6, 6.07) is 0. The normalized spacial score (nSPS) is 15.1. The van der Waals surface area contributed by atoms with Gasteiger partial charge in [0.05, 0.1) is 0 Å². The SMILES string of the molecule is O=C([S-])N1CCN(C(=O)[S-])CC1.[Na+].[Na+]. The van der Waals surface area contributed by atoms with Gasteiger partial charge in [-0.2, -0.15) is 0 Å². The standard InChI is InChI=1S/C6H10N2O2S2.2Na/c9-5(11)7-1-2-8(4-3-7)6(10)12;;/h1-4H2,(H,9,11)(H,10,12);;/q;2*+1/p-2. The van der Waals surface area contributed by atoms with Crippen molar-refractivity contribution in [2.75, 3.05) is 26.2 Å². The molecule has 0 aliphatic carbocycles. The molecule has 2 amide bonds. The molecule has 1 heterocycles. The molecule has 1 aliphatic rings. The summed E-state index contributed by atoms with van der Waals surface area (Å²) < 4.78 is 0. The van der Waals surface area contributed by atoms with Gasteiger partial charge in [0.25, 0.3) is 0 Å². The van der Waals surface area contributed by atoms with Gasteiger partial charge in [-0.05, 0) is 0 Å². The Morgan fingerprint density at radius 3 is 1.14 bits per heavy atom. The number of rotatable bonds is 0. The summed E-state index contributed by atoms with van der Waals surface area (Å²) in [5.41, 5.74) is 0. The van der Waals surface area contributed by atoms with Gasteiger partial charge in [0, 0.05) is 26.2 Å². The number of hydrogen-bond donors (Lipinski definition) is 0. The first-order chi connectivity index (χ1) is 5.61. The van der Waals surface area contributed by atoms with E-state index >= 15 is 0 Å². The van der Waals surface area contributed by atoms with Crippen molar-refractivity contribution in [3.8, 4) is 0 Å². The van der Waals surface area contributed by atoms with Crippen molar-refractivity contribution in [3.05, 3.63) is 0 Å². The zero-order valence-corrected chi connectivity index (χ0v) is 14.0. The minimum absolute atomic E-state index is 0. The second-order valence-electron chi connectivity index (χ2n) is 2.51. The van der Waals surface area contributed by atoms with Crippen LogP contribution in [0.5, 0.6) is 0 Å². The maximum atomic E-state index is 10.7. The van der Waals surface area contributed by atoms with E-state index in [-0.39, 0.29) is 69.6 Å². The van der Waals surface area contributed by atoms with Gasteiger partial charge in [0.2, 0.25) is 0 Å². The molecule has 14 heavy (non-hydrogen) atoms. The van der Waals surface area contributed by atoms with Gasteiger partial charge < -0.3 is 44.6 Å². The Hall–Kier alpha value is 1.38. The largest absolute Gasteiger partial charge is 1.00 e. The number of carbonyl (C=O) groups is 2. The van der Waals surface area contributed by atoms with Crippen molar-refractivity contribution >= 4 is 35.7 Å². The fraction of sp³-hybridized carbons (Fsp3) is 0.667. The van der Waals surface area contributed by atoms with Crippen LogP contribution in [-0.4, -0.2) is 46.5 Å². The molecule has 0 saturated carbocycles. The van der Waals surface area contributed by atoms with E-state index in [0.717, 1.165) is 0 Å². The van der Waals surface area contributed by atoms with Crippen molar-refractivity contribution in [1.29, 1.82) is 0 Å². The van der Waals surface area contributed by atoms with Crippen LogP contribution in [-0.2, 0) is 25.3 Å². The molecule has 0 spiro atoms. The Labute approximate surface area is 139 Å². The van der Waals surface area contributed by atoms with Crippen LogP contribution in [0.2, 0.25) is 0 Å². The fourth-order valence-electron chi connectivity index (χ4n) is 1.07. The molecular weight excluding hydrogens is 242 g/mol. The zero-order chi connectivity index (χ0) is 9.14. The van der Waals surface area contributed by atoms with Gasteiger partial charge in [0.1, 0.15) is 10.5 Å². The van der Waals surface area contributed by atoms with Crippen molar-refractivity contribution < 1.29 is 68.7 Å². The molecule has 1 aliphatic heterocycles. The fourth-order valence-corrected chi connectivity index (χ4v) is 1.44. The van der Waals surface area contributed by atoms with E-state index in [0.29, 0.717) is 26.2 Å². The van der Waals surface area contributed by atoms with Gasteiger partial charge in [-0.3, -0.25) is 0 Å². The Morgan fingerprint density at radius 1 is 0.786 bits per heavy atom. The summed E-state index contributed by atoms with van der Waals surface area (Å²) in [4.78, 5) is 24.4. The van der Waals surface area contributed by atoms with Crippen LogP contribution in [0.1, 0.15) is 0 Å². The number of piperazine rings is 1. The van der Waals surface area contributed by atoms with Crippen molar-refractivity contribution in [3.63, 3.8) is 0 Å². The van der Waals surface area contributed by atoms with Crippen LogP contribution in [0.15, 0.2) is 0 Å². The van der Waals surface area contributed by atoms with E-state index < -0.39 is 0 Å². The zero-order valence-electron chi connectivity index (χ0n) is 8.36. The average molecular weight is 250 g/mol. The third-order valence-electron chi connectivity index (χ3n) is 1.80. The molecule has 0 radical (unpaired) electrons. The van der Waals surface area contributed by atoms with Gasteiger partial charge in [-0.15, -0.1) is 0 Å². The molecule has 0 unspecified atom stereocenters. The van der Waals surface area contributed by atoms with Crippen LogP contribution in [0, 0.1) is 0 Å². The van der Waals surface area contributed by atoms with E-state index in [9.17, 15) is 9.59 Å². The second-order valence-corrected chi connectivity index (χ2v) is 3.20. The van der Waals surface area contributed by atoms with E-state index in [1.165, 1.54) is 9.80 Å². The predicted molar refractivity (Wildman–Crippen MR) is 48.7 cm³/mol. The molecular formula is C6H8N2Na2O2S2. The second kappa shape index (κ2) is 8.52. The molecule has 1 saturated heterocycles. The summed E-state index contributed by atoms with van der Waals surface area (Å²) >= 11 is 8.92. The van der Waals surface area contributed by atoms with Crippen LogP contribution in [0.3, 0.4) is 0 Å². The van der Waals surface area contributed by atoms with Crippen molar-refractivity contribution in [2.24, 2.45) is 0 Å². The molecule has 68 valence electrons. The van der Waals surface area contributed by atoms with Crippen molar-refractivity contribution in [2.45, 2.75) is 0 Å². The van der Waals surface area contributed by atoms with E-state index in [1.54, 1.807) is 0 Å². The number of hydrogen-bond acceptors (Lipinski definition) is 4. The monoisotopic (exact) mass is 250 g/mol. The van der Waals surface area contributed by atoms with E-state index in [4.69, 9.17) is 0 Å². The molecule has 1 fully saturated rings. The topological polar surface area (TPSA) is 40.6 Å². The summed E-state index contributed by atoms with van der Waals surface area (Å²) in [5.74, 6) is 0. The van der Waals surface area contributed by atoms with Gasteiger partial charge >= 0.3 is 59.1 Å². The van der Waals surface area contributed by atoms with Gasteiger partial charge in [-0.25, -0.2) is 0 Å². The minimum atomic E-state index is -0.355. The van der Waals surface area contributed by atoms with Crippen molar-refractivity contribution in [1.82, 2.24) is 9.80 Å². The van der Waals surface area contributed by atoms with E-state index in [2.05, 4.69) is 25.3 Å². The predicted octanol–water partition coefficient (Wildman–Crippen LogP) is -6.05. The Balaban J connectivity index is 0. The first kappa shape index (κ1) is 17.8. The van der Waals surface area contributed by atoms with Gasteiger partial charge in [-0.1, -0.05) is 0 Å². The molecule has 0 bridgehead atoms. The maximum absolute atomic E-state index is 10.7. The first-order valence-corrected chi connectivity index (χ1v) is 4.35. The summed E-state index contributed by atoms with van der Waals surface area (Å²) in [6.07, 6.45) is 0. The van der Waals surface area contributed by atoms with Crippen LogP contribution in [0.4, 0.5) is 9.59 Å². The van der Waals surface area contributed by atoms with Crippen LogP contribution in [0.25, 0.3) is 0 Å². The molecule has 0 aromatic carbocycles. The molecule has 1 rings (SSSR count). The Kier molecular flexibility index (Phi) is 10.8. The molecule has 8 heteroatoms. The molecule has 4 nitrogen and oxygen atoms in total. The average Bonchev–Trinajstić information content (AvgIpc) is 2.04. The van der Waals surface area contributed by atoms with Gasteiger partial charge in [0.15, 0.2) is 0 Å². The maximum Gasteiger partial charge on any atom is 1.00 e. The quantitative estimate of drug-likeness (QED) is 0.317.